The third kappa shape index (κ3) is 5.99. The molecule has 180 valence electrons. The second kappa shape index (κ2) is 12.3. The van der Waals surface area contributed by atoms with Crippen molar-refractivity contribution >= 4 is 29.9 Å². The van der Waals surface area contributed by atoms with Gasteiger partial charge >= 0.3 is 0 Å². The van der Waals surface area contributed by atoms with Crippen LogP contribution in [0.4, 0.5) is 0 Å². The maximum Gasteiger partial charge on any atom is 0.194 e. The summed E-state index contributed by atoms with van der Waals surface area (Å²) in [6.45, 7) is 8.18. The number of guanidine groups is 1. The van der Waals surface area contributed by atoms with Crippen molar-refractivity contribution in [3.05, 3.63) is 23.8 Å². The Labute approximate surface area is 209 Å². The highest BCUT2D eigenvalue weighted by atomic mass is 127. The van der Waals surface area contributed by atoms with Crippen LogP contribution in [0.1, 0.15) is 38.2 Å². The van der Waals surface area contributed by atoms with Gasteiger partial charge in [0.1, 0.15) is 6.61 Å². The Balaban J connectivity index is 0.00000289. The average molecular weight is 559 g/mol. The summed E-state index contributed by atoms with van der Waals surface area (Å²) in [5, 5.41) is 12.4. The van der Waals surface area contributed by atoms with Gasteiger partial charge in [0.15, 0.2) is 17.5 Å². The van der Waals surface area contributed by atoms with Crippen molar-refractivity contribution in [1.82, 2.24) is 15.1 Å². The van der Waals surface area contributed by atoms with Crippen LogP contribution in [0.25, 0.3) is 0 Å². The minimum Gasteiger partial charge on any atom is -0.493 e. The molecule has 8 heteroatoms. The van der Waals surface area contributed by atoms with Crippen LogP contribution >= 0.6 is 24.0 Å². The van der Waals surface area contributed by atoms with Gasteiger partial charge in [0.2, 0.25) is 0 Å². The zero-order chi connectivity index (χ0) is 21.6. The zero-order valence-corrected chi connectivity index (χ0v) is 21.8. The predicted molar refractivity (Wildman–Crippen MR) is 138 cm³/mol. The van der Waals surface area contributed by atoms with Gasteiger partial charge in [-0.05, 0) is 55.7 Å². The molecule has 0 radical (unpaired) electrons. The SMILES string of the molecule is CCNC(=NCc1ccc(OCCO)c(OC)c1)N1CCN(C2CC3CCC2C3)CC1.I. The molecule has 2 bridgehead atoms. The second-order valence-corrected chi connectivity index (χ2v) is 8.99. The molecule has 1 heterocycles. The number of rotatable bonds is 8. The van der Waals surface area contributed by atoms with E-state index in [0.29, 0.717) is 18.0 Å². The van der Waals surface area contributed by atoms with Crippen molar-refractivity contribution in [2.45, 2.75) is 45.2 Å². The van der Waals surface area contributed by atoms with E-state index in [1.807, 2.05) is 18.2 Å². The quantitative estimate of drug-likeness (QED) is 0.291. The van der Waals surface area contributed by atoms with E-state index in [-0.39, 0.29) is 37.2 Å². The number of aliphatic hydroxyl groups excluding tert-OH is 1. The van der Waals surface area contributed by atoms with Crippen LogP contribution in [-0.4, -0.2) is 80.0 Å². The number of aliphatic imine (C=N–C) groups is 1. The van der Waals surface area contributed by atoms with Crippen LogP contribution < -0.4 is 14.8 Å². The number of fused-ring (bicyclic) bond motifs is 2. The number of benzene rings is 1. The molecule has 1 aromatic carbocycles. The topological polar surface area (TPSA) is 69.6 Å². The minimum absolute atomic E-state index is 0. The lowest BCUT2D eigenvalue weighted by molar-refractivity contribution is 0.0958. The van der Waals surface area contributed by atoms with Crippen LogP contribution in [0, 0.1) is 11.8 Å². The molecule has 1 saturated heterocycles. The Morgan fingerprint density at radius 3 is 2.59 bits per heavy atom. The molecule has 3 atom stereocenters. The number of nitrogens with one attached hydrogen (secondary N) is 1. The Hall–Kier alpha value is -1.26. The molecule has 4 rings (SSSR count). The van der Waals surface area contributed by atoms with Crippen LogP contribution in [0.2, 0.25) is 0 Å². The Bertz CT molecular complexity index is 755. The van der Waals surface area contributed by atoms with Crippen molar-refractivity contribution in [3.8, 4) is 11.5 Å². The number of aliphatic hydroxyl groups is 1. The highest BCUT2D eigenvalue weighted by Gasteiger charge is 2.42. The molecule has 7 nitrogen and oxygen atoms in total. The van der Waals surface area contributed by atoms with E-state index in [4.69, 9.17) is 19.6 Å². The van der Waals surface area contributed by atoms with Crippen molar-refractivity contribution in [3.63, 3.8) is 0 Å². The van der Waals surface area contributed by atoms with E-state index >= 15 is 0 Å². The van der Waals surface area contributed by atoms with Crippen LogP contribution in [0.15, 0.2) is 23.2 Å². The Morgan fingerprint density at radius 1 is 1.16 bits per heavy atom. The summed E-state index contributed by atoms with van der Waals surface area (Å²) in [6, 6.07) is 6.70. The van der Waals surface area contributed by atoms with Crippen molar-refractivity contribution in [2.75, 3.05) is 53.0 Å². The van der Waals surface area contributed by atoms with E-state index in [1.165, 1.54) is 25.7 Å². The normalized spacial score (nSPS) is 25.5. The number of ether oxygens (including phenoxy) is 2. The molecule has 32 heavy (non-hydrogen) atoms. The maximum atomic E-state index is 8.97. The third-order valence-electron chi connectivity index (χ3n) is 7.11. The molecule has 3 unspecified atom stereocenters. The molecule has 0 amide bonds. The average Bonchev–Trinajstić information content (AvgIpc) is 3.45. The first-order chi connectivity index (χ1) is 15.2. The fourth-order valence-corrected chi connectivity index (χ4v) is 5.60. The van der Waals surface area contributed by atoms with Gasteiger partial charge < -0.3 is 24.8 Å². The fourth-order valence-electron chi connectivity index (χ4n) is 5.60. The van der Waals surface area contributed by atoms with Gasteiger partial charge in [-0.15, -0.1) is 24.0 Å². The van der Waals surface area contributed by atoms with E-state index in [9.17, 15) is 0 Å². The molecule has 1 aliphatic heterocycles. The second-order valence-electron chi connectivity index (χ2n) is 8.99. The van der Waals surface area contributed by atoms with E-state index in [0.717, 1.165) is 62.1 Å². The molecule has 0 spiro atoms. The molecule has 2 saturated carbocycles. The molecule has 0 aromatic heterocycles. The first kappa shape index (κ1) is 25.4. The number of hydrogen-bond donors (Lipinski definition) is 2. The van der Waals surface area contributed by atoms with Gasteiger partial charge in [0.25, 0.3) is 0 Å². The molecule has 2 aliphatic carbocycles. The van der Waals surface area contributed by atoms with Crippen molar-refractivity contribution in [1.29, 1.82) is 0 Å². The molecular formula is C24H39IN4O3. The largest absolute Gasteiger partial charge is 0.493 e. The zero-order valence-electron chi connectivity index (χ0n) is 19.5. The van der Waals surface area contributed by atoms with Gasteiger partial charge in [-0.1, -0.05) is 12.5 Å². The van der Waals surface area contributed by atoms with E-state index in [2.05, 4.69) is 22.0 Å². The maximum absolute atomic E-state index is 8.97. The molecule has 1 aromatic rings. The van der Waals surface area contributed by atoms with Crippen LogP contribution in [0.3, 0.4) is 0 Å². The van der Waals surface area contributed by atoms with E-state index < -0.39 is 0 Å². The predicted octanol–water partition coefficient (Wildman–Crippen LogP) is 2.96. The summed E-state index contributed by atoms with van der Waals surface area (Å²) < 4.78 is 11.0. The molecular weight excluding hydrogens is 519 g/mol. The number of nitrogens with zero attached hydrogens (tertiary/aromatic N) is 3. The summed E-state index contributed by atoms with van der Waals surface area (Å²) in [5.41, 5.74) is 1.07. The summed E-state index contributed by atoms with van der Waals surface area (Å²) >= 11 is 0. The summed E-state index contributed by atoms with van der Waals surface area (Å²) in [7, 11) is 1.63. The molecule has 2 N–H and O–H groups in total. The first-order valence-electron chi connectivity index (χ1n) is 11.9. The van der Waals surface area contributed by atoms with Crippen molar-refractivity contribution in [2.24, 2.45) is 16.8 Å². The number of piperazine rings is 1. The third-order valence-corrected chi connectivity index (χ3v) is 7.11. The highest BCUT2D eigenvalue weighted by molar-refractivity contribution is 14.0. The van der Waals surface area contributed by atoms with Gasteiger partial charge in [0, 0.05) is 38.8 Å². The van der Waals surface area contributed by atoms with Crippen LogP contribution in [0.5, 0.6) is 11.5 Å². The van der Waals surface area contributed by atoms with Gasteiger partial charge in [-0.2, -0.15) is 0 Å². The highest BCUT2D eigenvalue weighted by Crippen LogP contribution is 2.46. The van der Waals surface area contributed by atoms with Crippen LogP contribution in [-0.2, 0) is 6.54 Å². The number of methoxy groups -OCH3 is 1. The molecule has 3 fully saturated rings. The van der Waals surface area contributed by atoms with Gasteiger partial charge in [-0.3, -0.25) is 4.90 Å². The standard InChI is InChI=1S/C24H38N4O3.HI/c1-3-25-24(26-17-19-5-7-22(31-13-12-29)23(16-19)30-2)28-10-8-27(9-11-28)21-15-18-4-6-20(21)14-18;/h5,7,16,18,20-21,29H,3-4,6,8-15,17H2,1-2H3,(H,25,26);1H. The summed E-state index contributed by atoms with van der Waals surface area (Å²) in [4.78, 5) is 10.1. The lowest BCUT2D eigenvalue weighted by Gasteiger charge is -2.42. The van der Waals surface area contributed by atoms with E-state index in [1.54, 1.807) is 7.11 Å². The van der Waals surface area contributed by atoms with Crippen molar-refractivity contribution < 1.29 is 14.6 Å². The summed E-state index contributed by atoms with van der Waals surface area (Å²) in [5.74, 6) is 4.27. The number of halogens is 1. The fraction of sp³-hybridized carbons (Fsp3) is 0.708. The summed E-state index contributed by atoms with van der Waals surface area (Å²) in [6.07, 6.45) is 5.82. The Kier molecular flexibility index (Phi) is 9.73. The lowest BCUT2D eigenvalue weighted by atomic mass is 9.93. The number of hydrogen-bond acceptors (Lipinski definition) is 5. The Morgan fingerprint density at radius 2 is 1.97 bits per heavy atom. The first-order valence-corrected chi connectivity index (χ1v) is 11.9. The van der Waals surface area contributed by atoms with Gasteiger partial charge in [0.05, 0.1) is 20.3 Å². The smallest absolute Gasteiger partial charge is 0.194 e. The minimum atomic E-state index is -0.0174. The van der Waals surface area contributed by atoms with Gasteiger partial charge in [-0.25, -0.2) is 4.99 Å². The molecule has 3 aliphatic rings. The monoisotopic (exact) mass is 558 g/mol. The lowest BCUT2D eigenvalue weighted by Crippen LogP contribution is -2.55.